The fourth-order valence-corrected chi connectivity index (χ4v) is 1.75. The summed E-state index contributed by atoms with van der Waals surface area (Å²) in [6.07, 6.45) is 1.57. The number of nitrogens with one attached hydrogen (secondary N) is 1. The number of rotatable bonds is 4. The van der Waals surface area contributed by atoms with Crippen LogP contribution >= 0.6 is 23.2 Å². The van der Waals surface area contributed by atoms with Gasteiger partial charge in [0.1, 0.15) is 0 Å². The summed E-state index contributed by atoms with van der Waals surface area (Å²) in [6.45, 7) is 0. The molecule has 0 aromatic heterocycles. The van der Waals surface area contributed by atoms with E-state index < -0.39 is 5.97 Å². The maximum Gasteiger partial charge on any atom is 0.0754 e. The number of halogens is 2. The second-order valence-corrected chi connectivity index (χ2v) is 4.75. The molecule has 0 saturated heterocycles. The van der Waals surface area contributed by atoms with Crippen LogP contribution in [0.25, 0.3) is 0 Å². The molecule has 102 valence electrons. The summed E-state index contributed by atoms with van der Waals surface area (Å²) >= 11 is 11.7. The zero-order valence-electron chi connectivity index (χ0n) is 10.1. The molecule has 0 spiro atoms. The van der Waals surface area contributed by atoms with Crippen molar-refractivity contribution in [2.75, 3.05) is 5.43 Å². The summed E-state index contributed by atoms with van der Waals surface area (Å²) in [5, 5.41) is 15.7. The fourth-order valence-electron chi connectivity index (χ4n) is 1.46. The Morgan fingerprint density at radius 1 is 1.15 bits per heavy atom. The molecular formula is C14H9Cl2N2O2-. The van der Waals surface area contributed by atoms with Gasteiger partial charge < -0.3 is 9.90 Å². The molecular weight excluding hydrogens is 299 g/mol. The number of benzene rings is 2. The molecule has 0 radical (unpaired) electrons. The van der Waals surface area contributed by atoms with Gasteiger partial charge in [0.2, 0.25) is 0 Å². The maximum atomic E-state index is 10.8. The zero-order chi connectivity index (χ0) is 14.5. The first-order chi connectivity index (χ1) is 9.56. The van der Waals surface area contributed by atoms with Gasteiger partial charge in [0.05, 0.1) is 22.9 Å². The molecule has 0 bridgehead atoms. The van der Waals surface area contributed by atoms with E-state index in [9.17, 15) is 9.90 Å². The van der Waals surface area contributed by atoms with Crippen molar-refractivity contribution in [1.29, 1.82) is 0 Å². The normalized spacial score (nSPS) is 10.7. The minimum Gasteiger partial charge on any atom is -0.545 e. The van der Waals surface area contributed by atoms with Gasteiger partial charge in [-0.3, -0.25) is 5.43 Å². The number of carboxylic acid groups (broad SMARTS) is 1. The minimum absolute atomic E-state index is 0.0265. The van der Waals surface area contributed by atoms with E-state index in [-0.39, 0.29) is 5.56 Å². The van der Waals surface area contributed by atoms with E-state index in [1.807, 2.05) is 0 Å². The molecule has 0 aliphatic carbocycles. The van der Waals surface area contributed by atoms with Crippen LogP contribution in [0.3, 0.4) is 0 Å². The van der Waals surface area contributed by atoms with Gasteiger partial charge in [0, 0.05) is 5.02 Å². The smallest absolute Gasteiger partial charge is 0.0754 e. The molecule has 0 saturated carbocycles. The topological polar surface area (TPSA) is 64.5 Å². The molecule has 2 rings (SSSR count). The summed E-state index contributed by atoms with van der Waals surface area (Å²) < 4.78 is 0. The van der Waals surface area contributed by atoms with Gasteiger partial charge in [-0.05, 0) is 35.4 Å². The number of hydrogen-bond donors (Lipinski definition) is 1. The van der Waals surface area contributed by atoms with Gasteiger partial charge in [0.25, 0.3) is 0 Å². The highest BCUT2D eigenvalue weighted by Gasteiger charge is 2.01. The van der Waals surface area contributed by atoms with Crippen molar-refractivity contribution in [3.63, 3.8) is 0 Å². The first-order valence-electron chi connectivity index (χ1n) is 5.62. The van der Waals surface area contributed by atoms with E-state index in [0.717, 1.165) is 5.56 Å². The number of carbonyl (C=O) groups excluding carboxylic acids is 1. The number of anilines is 1. The molecule has 0 atom stereocenters. The number of carboxylic acids is 1. The lowest BCUT2D eigenvalue weighted by atomic mass is 10.2. The van der Waals surface area contributed by atoms with E-state index in [1.165, 1.54) is 18.2 Å². The Balaban J connectivity index is 2.12. The summed E-state index contributed by atoms with van der Waals surface area (Å²) in [5.74, 6) is -1.27. The molecule has 0 amide bonds. The van der Waals surface area contributed by atoms with Crippen LogP contribution in [0.15, 0.2) is 47.6 Å². The monoisotopic (exact) mass is 307 g/mol. The Labute approximate surface area is 125 Å². The number of hydrazone groups is 1. The zero-order valence-corrected chi connectivity index (χ0v) is 11.7. The first-order valence-corrected chi connectivity index (χ1v) is 6.37. The van der Waals surface area contributed by atoms with E-state index in [2.05, 4.69) is 10.5 Å². The van der Waals surface area contributed by atoms with Crippen molar-refractivity contribution in [3.8, 4) is 0 Å². The Morgan fingerprint density at radius 3 is 2.50 bits per heavy atom. The third kappa shape index (κ3) is 3.73. The van der Waals surface area contributed by atoms with Crippen molar-refractivity contribution in [3.05, 3.63) is 63.6 Å². The van der Waals surface area contributed by atoms with Crippen LogP contribution in [-0.4, -0.2) is 12.2 Å². The quantitative estimate of drug-likeness (QED) is 0.698. The Morgan fingerprint density at radius 2 is 1.85 bits per heavy atom. The second-order valence-electron chi connectivity index (χ2n) is 3.90. The molecule has 0 unspecified atom stereocenters. The predicted molar refractivity (Wildman–Crippen MR) is 78.5 cm³/mol. The lowest BCUT2D eigenvalue weighted by molar-refractivity contribution is -0.255. The Kier molecular flexibility index (Phi) is 4.61. The van der Waals surface area contributed by atoms with Crippen molar-refractivity contribution >= 4 is 41.1 Å². The van der Waals surface area contributed by atoms with Crippen LogP contribution in [0, 0.1) is 0 Å². The van der Waals surface area contributed by atoms with E-state index in [1.54, 1.807) is 30.5 Å². The average molecular weight is 308 g/mol. The summed E-state index contributed by atoms with van der Waals surface area (Å²) in [4.78, 5) is 10.8. The lowest BCUT2D eigenvalue weighted by Crippen LogP contribution is -2.22. The largest absolute Gasteiger partial charge is 0.545 e. The van der Waals surface area contributed by atoms with Crippen LogP contribution in [0.4, 0.5) is 5.69 Å². The Hall–Kier alpha value is -2.04. The second kappa shape index (κ2) is 6.41. The molecule has 0 aliphatic heterocycles. The van der Waals surface area contributed by atoms with Crippen molar-refractivity contribution in [2.24, 2.45) is 5.10 Å². The third-order valence-corrected chi connectivity index (χ3v) is 3.05. The van der Waals surface area contributed by atoms with Gasteiger partial charge >= 0.3 is 0 Å². The highest BCUT2D eigenvalue weighted by molar-refractivity contribution is 6.33. The van der Waals surface area contributed by atoms with Crippen LogP contribution in [0.1, 0.15) is 15.9 Å². The SMILES string of the molecule is O=C([O-])c1ccc(Cl)c(N/N=C\c2ccc(Cl)cc2)c1. The molecule has 2 aromatic rings. The minimum atomic E-state index is -1.27. The van der Waals surface area contributed by atoms with Crippen molar-refractivity contribution in [2.45, 2.75) is 0 Å². The molecule has 0 heterocycles. The molecule has 6 heteroatoms. The Bertz CT molecular complexity index is 655. The van der Waals surface area contributed by atoms with Gasteiger partial charge in [0.15, 0.2) is 0 Å². The molecule has 0 aliphatic rings. The van der Waals surface area contributed by atoms with Gasteiger partial charge in [-0.25, -0.2) is 0 Å². The molecule has 4 nitrogen and oxygen atoms in total. The molecule has 20 heavy (non-hydrogen) atoms. The standard InChI is InChI=1S/C14H10Cl2N2O2/c15-11-4-1-9(2-5-11)8-17-18-13-7-10(14(19)20)3-6-12(13)16/h1-8,18H,(H,19,20)/p-1/b17-8-. The van der Waals surface area contributed by atoms with Gasteiger partial charge in [-0.1, -0.05) is 41.4 Å². The summed E-state index contributed by atoms with van der Waals surface area (Å²) in [6, 6.07) is 11.3. The summed E-state index contributed by atoms with van der Waals surface area (Å²) in [7, 11) is 0. The number of carbonyl (C=O) groups is 1. The first kappa shape index (κ1) is 14.4. The average Bonchev–Trinajstić information content (AvgIpc) is 2.43. The van der Waals surface area contributed by atoms with Crippen LogP contribution < -0.4 is 10.5 Å². The predicted octanol–water partition coefficient (Wildman–Crippen LogP) is 2.80. The van der Waals surface area contributed by atoms with Crippen LogP contribution in [0.5, 0.6) is 0 Å². The highest BCUT2D eigenvalue weighted by Crippen LogP contribution is 2.22. The van der Waals surface area contributed by atoms with E-state index in [4.69, 9.17) is 23.2 Å². The lowest BCUT2D eigenvalue weighted by Gasteiger charge is -2.07. The van der Waals surface area contributed by atoms with E-state index in [0.29, 0.717) is 15.7 Å². The number of nitrogens with zero attached hydrogens (tertiary/aromatic N) is 1. The summed E-state index contributed by atoms with van der Waals surface area (Å²) in [5.41, 5.74) is 3.94. The molecule has 1 N–H and O–H groups in total. The van der Waals surface area contributed by atoms with Crippen molar-refractivity contribution < 1.29 is 9.90 Å². The highest BCUT2D eigenvalue weighted by atomic mass is 35.5. The van der Waals surface area contributed by atoms with Gasteiger partial charge in [-0.15, -0.1) is 0 Å². The number of aromatic carboxylic acids is 1. The third-order valence-electron chi connectivity index (χ3n) is 2.47. The van der Waals surface area contributed by atoms with Crippen LogP contribution in [-0.2, 0) is 0 Å². The number of hydrogen-bond acceptors (Lipinski definition) is 4. The molecule has 0 fully saturated rings. The van der Waals surface area contributed by atoms with Crippen molar-refractivity contribution in [1.82, 2.24) is 0 Å². The van der Waals surface area contributed by atoms with Crippen LogP contribution in [0.2, 0.25) is 10.0 Å². The van der Waals surface area contributed by atoms with E-state index >= 15 is 0 Å². The fraction of sp³-hybridized carbons (Fsp3) is 0. The van der Waals surface area contributed by atoms with Gasteiger partial charge in [-0.2, -0.15) is 5.10 Å². The molecule has 2 aromatic carbocycles. The maximum absolute atomic E-state index is 10.8.